The van der Waals surface area contributed by atoms with Crippen LogP contribution in [-0.2, 0) is 6.42 Å². The Morgan fingerprint density at radius 2 is 1.11 bits per heavy atom. The zero-order valence-corrected chi connectivity index (χ0v) is 21.5. The van der Waals surface area contributed by atoms with Gasteiger partial charge in [-0.3, -0.25) is 10.9 Å². The van der Waals surface area contributed by atoms with E-state index in [0.717, 1.165) is 61.9 Å². The van der Waals surface area contributed by atoms with E-state index in [1.807, 2.05) is 12.1 Å². The molecular weight excluding hydrogens is 466 g/mol. The van der Waals surface area contributed by atoms with Crippen LogP contribution in [0.3, 0.4) is 0 Å². The Bertz CT molecular complexity index is 1480. The number of nitrogens with zero attached hydrogens (tertiary/aromatic N) is 2. The van der Waals surface area contributed by atoms with E-state index in [9.17, 15) is 0 Å². The molecule has 5 rings (SSSR count). The molecule has 5 N–H and O–H groups in total. The van der Waals surface area contributed by atoms with Gasteiger partial charge in [-0.1, -0.05) is 73.7 Å². The van der Waals surface area contributed by atoms with E-state index in [-0.39, 0.29) is 0 Å². The van der Waals surface area contributed by atoms with Gasteiger partial charge in [0, 0.05) is 33.3 Å². The summed E-state index contributed by atoms with van der Waals surface area (Å²) in [7, 11) is 0. The van der Waals surface area contributed by atoms with Crippen molar-refractivity contribution in [2.24, 2.45) is 0 Å². The minimum absolute atomic E-state index is 0.416. The van der Waals surface area contributed by atoms with Crippen LogP contribution in [0.1, 0.15) is 32.2 Å². The molecular formula is C28H31N7S. The number of anilines is 5. The highest BCUT2D eigenvalue weighted by Crippen LogP contribution is 2.33. The number of nitrogens with one attached hydrogen (secondary N) is 5. The Morgan fingerprint density at radius 3 is 1.58 bits per heavy atom. The number of hydrazine groups is 2. The number of aromatic nitrogens is 2. The molecule has 184 valence electrons. The summed E-state index contributed by atoms with van der Waals surface area (Å²) in [5.74, 6) is 0. The molecule has 0 saturated heterocycles. The standard InChI is InChI=1S/C28H31N7S/c1-4-18(3)29-23-14-15-24(20-11-7-6-10-19(20)23)30-31-25-16-17-26(22-13-9-8-12-21(22)25)32-34-28-35-33-27(5-2)36-28/h6-18,29-32H,4-5H2,1-3H3,(H,34,35). The predicted molar refractivity (Wildman–Crippen MR) is 155 cm³/mol. The zero-order chi connectivity index (χ0) is 24.9. The van der Waals surface area contributed by atoms with Crippen molar-refractivity contribution in [3.8, 4) is 0 Å². The van der Waals surface area contributed by atoms with Crippen LogP contribution in [0.2, 0.25) is 0 Å². The summed E-state index contributed by atoms with van der Waals surface area (Å²) < 4.78 is 0. The molecule has 0 radical (unpaired) electrons. The van der Waals surface area contributed by atoms with Crippen molar-refractivity contribution in [3.05, 3.63) is 77.8 Å². The third-order valence-corrected chi connectivity index (χ3v) is 7.25. The molecule has 0 aliphatic heterocycles. The minimum atomic E-state index is 0.416. The van der Waals surface area contributed by atoms with Crippen LogP contribution in [0.15, 0.2) is 72.8 Å². The van der Waals surface area contributed by atoms with E-state index < -0.39 is 0 Å². The average Bonchev–Trinajstić information content (AvgIpc) is 3.40. The summed E-state index contributed by atoms with van der Waals surface area (Å²) in [6, 6.07) is 25.6. The lowest BCUT2D eigenvalue weighted by Gasteiger charge is -2.19. The molecule has 0 amide bonds. The van der Waals surface area contributed by atoms with Crippen molar-refractivity contribution in [2.75, 3.05) is 27.0 Å². The van der Waals surface area contributed by atoms with E-state index in [1.54, 1.807) is 11.3 Å². The largest absolute Gasteiger partial charge is 0.382 e. The second kappa shape index (κ2) is 10.7. The van der Waals surface area contributed by atoms with Gasteiger partial charge in [-0.25, -0.2) is 0 Å². The summed E-state index contributed by atoms with van der Waals surface area (Å²) in [5, 5.41) is 18.3. The van der Waals surface area contributed by atoms with Gasteiger partial charge in [-0.2, -0.15) is 0 Å². The van der Waals surface area contributed by atoms with Crippen molar-refractivity contribution in [1.82, 2.24) is 10.2 Å². The van der Waals surface area contributed by atoms with Gasteiger partial charge in [0.05, 0.1) is 17.1 Å². The molecule has 0 spiro atoms. The van der Waals surface area contributed by atoms with E-state index in [0.29, 0.717) is 6.04 Å². The first-order valence-electron chi connectivity index (χ1n) is 12.3. The number of hydrogen-bond donors (Lipinski definition) is 5. The number of benzene rings is 4. The molecule has 1 heterocycles. The van der Waals surface area contributed by atoms with Gasteiger partial charge < -0.3 is 16.2 Å². The highest BCUT2D eigenvalue weighted by Gasteiger charge is 2.10. The molecule has 0 aliphatic carbocycles. The molecule has 36 heavy (non-hydrogen) atoms. The van der Waals surface area contributed by atoms with Crippen LogP contribution in [0.5, 0.6) is 0 Å². The molecule has 4 aromatic carbocycles. The van der Waals surface area contributed by atoms with E-state index in [4.69, 9.17) is 0 Å². The van der Waals surface area contributed by atoms with Crippen LogP contribution in [0, 0.1) is 0 Å². The Kier molecular flexibility index (Phi) is 7.04. The number of rotatable bonds is 10. The highest BCUT2D eigenvalue weighted by molar-refractivity contribution is 7.15. The Balaban J connectivity index is 1.38. The summed E-state index contributed by atoms with van der Waals surface area (Å²) in [6.07, 6.45) is 1.95. The van der Waals surface area contributed by atoms with Crippen LogP contribution in [0.4, 0.5) is 27.9 Å². The van der Waals surface area contributed by atoms with Gasteiger partial charge in [0.15, 0.2) is 0 Å². The van der Waals surface area contributed by atoms with Crippen molar-refractivity contribution < 1.29 is 0 Å². The Morgan fingerprint density at radius 1 is 0.639 bits per heavy atom. The maximum atomic E-state index is 4.18. The van der Waals surface area contributed by atoms with E-state index in [1.165, 1.54) is 5.39 Å². The molecule has 0 aliphatic rings. The normalized spacial score (nSPS) is 11.9. The Labute approximate surface area is 215 Å². The smallest absolute Gasteiger partial charge is 0.224 e. The minimum Gasteiger partial charge on any atom is -0.382 e. The first-order valence-corrected chi connectivity index (χ1v) is 13.1. The highest BCUT2D eigenvalue weighted by atomic mass is 32.1. The van der Waals surface area contributed by atoms with Crippen molar-refractivity contribution in [3.63, 3.8) is 0 Å². The molecule has 0 bridgehead atoms. The number of fused-ring (bicyclic) bond motifs is 2. The van der Waals surface area contributed by atoms with Gasteiger partial charge >= 0.3 is 0 Å². The quantitative estimate of drug-likeness (QED) is 0.128. The molecule has 1 unspecified atom stereocenters. The molecule has 7 nitrogen and oxygen atoms in total. The summed E-state index contributed by atoms with van der Waals surface area (Å²) in [4.78, 5) is 0. The first-order chi connectivity index (χ1) is 17.7. The topological polar surface area (TPSA) is 85.9 Å². The van der Waals surface area contributed by atoms with Crippen LogP contribution in [0.25, 0.3) is 21.5 Å². The zero-order valence-electron chi connectivity index (χ0n) is 20.7. The summed E-state index contributed by atoms with van der Waals surface area (Å²) in [6.45, 7) is 6.48. The van der Waals surface area contributed by atoms with Crippen LogP contribution < -0.4 is 27.0 Å². The summed E-state index contributed by atoms with van der Waals surface area (Å²) in [5.41, 5.74) is 17.5. The van der Waals surface area contributed by atoms with Gasteiger partial charge in [0.1, 0.15) is 5.01 Å². The molecule has 8 heteroatoms. The fraction of sp³-hybridized carbons (Fsp3) is 0.214. The second-order valence-electron chi connectivity index (χ2n) is 8.72. The maximum absolute atomic E-state index is 4.18. The Hall–Kier alpha value is -4.04. The van der Waals surface area contributed by atoms with Crippen molar-refractivity contribution in [1.29, 1.82) is 0 Å². The van der Waals surface area contributed by atoms with Crippen molar-refractivity contribution >= 4 is 60.8 Å². The average molecular weight is 498 g/mol. The first kappa shape index (κ1) is 23.7. The molecule has 1 aromatic heterocycles. The molecule has 1 atom stereocenters. The van der Waals surface area contributed by atoms with E-state index in [2.05, 4.69) is 119 Å². The second-order valence-corrected chi connectivity index (χ2v) is 9.78. The number of hydrogen-bond acceptors (Lipinski definition) is 8. The van der Waals surface area contributed by atoms with Gasteiger partial charge in [0.25, 0.3) is 0 Å². The summed E-state index contributed by atoms with van der Waals surface area (Å²) >= 11 is 1.55. The third-order valence-electron chi connectivity index (χ3n) is 6.27. The van der Waals surface area contributed by atoms with Gasteiger partial charge in [0.2, 0.25) is 5.13 Å². The molecule has 0 fully saturated rings. The fourth-order valence-corrected chi connectivity index (χ4v) is 4.75. The lowest BCUT2D eigenvalue weighted by atomic mass is 10.1. The monoisotopic (exact) mass is 497 g/mol. The molecule has 0 saturated carbocycles. The third kappa shape index (κ3) is 4.99. The van der Waals surface area contributed by atoms with Crippen LogP contribution in [-0.4, -0.2) is 16.2 Å². The number of aryl methyl sites for hydroxylation is 1. The lowest BCUT2D eigenvalue weighted by molar-refractivity contribution is 0.765. The van der Waals surface area contributed by atoms with Crippen molar-refractivity contribution in [2.45, 2.75) is 39.7 Å². The fourth-order valence-electron chi connectivity index (χ4n) is 4.12. The molecule has 5 aromatic rings. The van der Waals surface area contributed by atoms with Gasteiger partial charge in [-0.05, 0) is 44.0 Å². The van der Waals surface area contributed by atoms with Crippen LogP contribution >= 0.6 is 11.3 Å². The predicted octanol–water partition coefficient (Wildman–Crippen LogP) is 7.50. The SMILES string of the molecule is CCc1nnc(NNc2ccc(NNc3ccc(NC(C)CC)c4ccccc34)c3ccccc23)s1. The lowest BCUT2D eigenvalue weighted by Crippen LogP contribution is -2.14. The van der Waals surface area contributed by atoms with E-state index >= 15 is 0 Å². The maximum Gasteiger partial charge on any atom is 0.224 e. The van der Waals surface area contributed by atoms with Gasteiger partial charge in [-0.15, -0.1) is 10.2 Å².